The third kappa shape index (κ3) is 5.05. The third-order valence-corrected chi connectivity index (χ3v) is 7.57. The van der Waals surface area contributed by atoms with Crippen LogP contribution in [-0.4, -0.2) is 35.1 Å². The maximum absolute atomic E-state index is 12.6. The first-order valence-electron chi connectivity index (χ1n) is 8.70. The Morgan fingerprint density at radius 3 is 2.50 bits per heavy atom. The van der Waals surface area contributed by atoms with E-state index >= 15 is 0 Å². The Morgan fingerprint density at radius 2 is 1.90 bits per heavy atom. The molecule has 2 aromatic carbocycles. The lowest BCUT2D eigenvalue weighted by atomic mass is 10.3. The summed E-state index contributed by atoms with van der Waals surface area (Å²) in [4.78, 5) is 12.1. The average Bonchev–Trinajstić information content (AvgIpc) is 3.28. The van der Waals surface area contributed by atoms with Gasteiger partial charge in [-0.2, -0.15) is 0 Å². The van der Waals surface area contributed by atoms with Crippen molar-refractivity contribution in [3.63, 3.8) is 0 Å². The number of sulfonamides is 1. The van der Waals surface area contributed by atoms with E-state index in [2.05, 4.69) is 5.32 Å². The molecule has 10 heteroatoms. The summed E-state index contributed by atoms with van der Waals surface area (Å²) in [5, 5.41) is 4.77. The first-order chi connectivity index (χ1) is 14.3. The van der Waals surface area contributed by atoms with Gasteiger partial charge in [0.2, 0.25) is 0 Å². The minimum absolute atomic E-state index is 0.216. The molecule has 0 atom stereocenters. The quantitative estimate of drug-likeness (QED) is 0.536. The third-order valence-electron chi connectivity index (χ3n) is 4.12. The molecule has 1 N–H and O–H groups in total. The van der Waals surface area contributed by atoms with E-state index in [-0.39, 0.29) is 16.7 Å². The average molecular weight is 467 g/mol. The summed E-state index contributed by atoms with van der Waals surface area (Å²) in [6.45, 7) is -0.216. The number of halogens is 1. The van der Waals surface area contributed by atoms with Gasteiger partial charge in [-0.3, -0.25) is 9.10 Å². The fraction of sp³-hybridized carbons (Fsp3) is 0.150. The Kier molecular flexibility index (Phi) is 6.86. The van der Waals surface area contributed by atoms with Crippen LogP contribution in [0.15, 0.2) is 64.2 Å². The summed E-state index contributed by atoms with van der Waals surface area (Å²) in [5.74, 6) is 0.582. The Balaban J connectivity index is 1.58. The predicted molar refractivity (Wildman–Crippen MR) is 118 cm³/mol. The molecule has 0 fully saturated rings. The molecule has 3 aromatic rings. The molecule has 0 spiro atoms. The second-order valence-corrected chi connectivity index (χ2v) is 9.64. The van der Waals surface area contributed by atoms with E-state index < -0.39 is 10.0 Å². The molecule has 0 unspecified atom stereocenters. The number of hydrogen-bond acceptors (Lipinski definition) is 6. The zero-order valence-corrected chi connectivity index (χ0v) is 18.6. The molecule has 0 bridgehead atoms. The van der Waals surface area contributed by atoms with Crippen LogP contribution in [0, 0.1) is 0 Å². The van der Waals surface area contributed by atoms with Gasteiger partial charge in [-0.25, -0.2) is 8.42 Å². The Bertz CT molecular complexity index is 1120. The van der Waals surface area contributed by atoms with Gasteiger partial charge in [0, 0.05) is 12.7 Å². The number of carbonyl (C=O) groups is 1. The number of nitrogens with zero attached hydrogens (tertiary/aromatic N) is 1. The van der Waals surface area contributed by atoms with Crippen LogP contribution in [0.25, 0.3) is 0 Å². The maximum Gasteiger partial charge on any atom is 0.273 e. The fourth-order valence-corrected chi connectivity index (χ4v) is 5.14. The maximum atomic E-state index is 12.6. The van der Waals surface area contributed by atoms with Crippen molar-refractivity contribution in [3.8, 4) is 11.5 Å². The number of hydrogen-bond donors (Lipinski definition) is 1. The second kappa shape index (κ2) is 9.38. The summed E-state index contributed by atoms with van der Waals surface area (Å²) in [5.41, 5.74) is 0.998. The van der Waals surface area contributed by atoms with Crippen molar-refractivity contribution in [2.45, 2.75) is 4.21 Å². The van der Waals surface area contributed by atoms with Crippen LogP contribution in [0.5, 0.6) is 11.5 Å². The molecule has 0 saturated heterocycles. The van der Waals surface area contributed by atoms with Gasteiger partial charge in [-0.15, -0.1) is 11.3 Å². The highest BCUT2D eigenvalue weighted by molar-refractivity contribution is 7.94. The highest BCUT2D eigenvalue weighted by atomic mass is 35.5. The normalized spacial score (nSPS) is 11.0. The topological polar surface area (TPSA) is 84.9 Å². The predicted octanol–water partition coefficient (Wildman–Crippen LogP) is 4.25. The smallest absolute Gasteiger partial charge is 0.273 e. The Hall–Kier alpha value is -2.75. The lowest BCUT2D eigenvalue weighted by Gasteiger charge is -2.18. The van der Waals surface area contributed by atoms with Gasteiger partial charge < -0.3 is 14.8 Å². The number of methoxy groups -OCH3 is 1. The lowest BCUT2D eigenvalue weighted by Crippen LogP contribution is -2.25. The van der Waals surface area contributed by atoms with E-state index in [1.807, 2.05) is 0 Å². The first-order valence-corrected chi connectivity index (χ1v) is 11.4. The van der Waals surface area contributed by atoms with Crippen molar-refractivity contribution in [1.29, 1.82) is 0 Å². The van der Waals surface area contributed by atoms with E-state index in [1.54, 1.807) is 60.0 Å². The summed E-state index contributed by atoms with van der Waals surface area (Å²) in [6.07, 6.45) is 0. The van der Waals surface area contributed by atoms with Crippen LogP contribution in [-0.2, 0) is 14.8 Å². The van der Waals surface area contributed by atoms with Crippen LogP contribution in [0.1, 0.15) is 0 Å². The monoisotopic (exact) mass is 466 g/mol. The zero-order valence-electron chi connectivity index (χ0n) is 16.2. The second-order valence-electron chi connectivity index (χ2n) is 6.08. The van der Waals surface area contributed by atoms with E-state index in [1.165, 1.54) is 18.5 Å². The molecule has 158 valence electrons. The molecule has 7 nitrogen and oxygen atoms in total. The minimum atomic E-state index is -3.60. The van der Waals surface area contributed by atoms with Crippen molar-refractivity contribution >= 4 is 50.2 Å². The van der Waals surface area contributed by atoms with E-state index in [9.17, 15) is 13.2 Å². The molecule has 3 rings (SSSR count). The highest BCUT2D eigenvalue weighted by Gasteiger charge is 2.22. The summed E-state index contributed by atoms with van der Waals surface area (Å²) in [7, 11) is -0.611. The number of anilines is 2. The number of nitrogens with one attached hydrogen (secondary N) is 1. The molecule has 30 heavy (non-hydrogen) atoms. The van der Waals surface area contributed by atoms with E-state index in [4.69, 9.17) is 21.1 Å². The van der Waals surface area contributed by atoms with Gasteiger partial charge in [0.1, 0.15) is 15.7 Å². The number of rotatable bonds is 8. The Labute approximate surface area is 183 Å². The molecule has 1 amide bonds. The van der Waals surface area contributed by atoms with Gasteiger partial charge >= 0.3 is 0 Å². The number of thiophene rings is 1. The molecule has 1 aromatic heterocycles. The molecule has 0 aliphatic carbocycles. The molecular formula is C20H19ClN2O5S2. The van der Waals surface area contributed by atoms with Gasteiger partial charge in [0.05, 0.1) is 17.8 Å². The highest BCUT2D eigenvalue weighted by Crippen LogP contribution is 2.28. The summed E-state index contributed by atoms with van der Waals surface area (Å²) in [6, 6.07) is 14.6. The van der Waals surface area contributed by atoms with Crippen molar-refractivity contribution in [2.75, 3.05) is 30.4 Å². The van der Waals surface area contributed by atoms with Crippen LogP contribution in [0.3, 0.4) is 0 Å². The molecule has 0 aliphatic heterocycles. The lowest BCUT2D eigenvalue weighted by molar-refractivity contribution is -0.118. The van der Waals surface area contributed by atoms with Crippen molar-refractivity contribution in [2.24, 2.45) is 0 Å². The number of benzene rings is 2. The number of ether oxygens (including phenoxy) is 2. The van der Waals surface area contributed by atoms with Gasteiger partial charge in [0.25, 0.3) is 15.9 Å². The van der Waals surface area contributed by atoms with Gasteiger partial charge in [-0.05, 0) is 53.9 Å². The van der Waals surface area contributed by atoms with E-state index in [0.29, 0.717) is 27.9 Å². The molecule has 0 aliphatic rings. The molecule has 0 radical (unpaired) electrons. The van der Waals surface area contributed by atoms with Crippen molar-refractivity contribution in [1.82, 2.24) is 0 Å². The van der Waals surface area contributed by atoms with Crippen molar-refractivity contribution in [3.05, 3.63) is 65.0 Å². The standard InChI is InChI=1S/C20H19ClN2O5S2/c1-23(30(25,26)20-4-3-11-29-20)15-6-8-16(9-7-15)28-13-19(24)22-14-5-10-18(27-2)17(21)12-14/h3-12H,13H2,1-2H3,(H,22,24). The molecule has 1 heterocycles. The largest absolute Gasteiger partial charge is 0.495 e. The van der Waals surface area contributed by atoms with Crippen LogP contribution >= 0.6 is 22.9 Å². The van der Waals surface area contributed by atoms with Crippen LogP contribution in [0.2, 0.25) is 5.02 Å². The minimum Gasteiger partial charge on any atom is -0.495 e. The number of amides is 1. The molecular weight excluding hydrogens is 448 g/mol. The number of carbonyl (C=O) groups excluding carboxylic acids is 1. The first kappa shape index (κ1) is 21.9. The zero-order chi connectivity index (χ0) is 21.7. The van der Waals surface area contributed by atoms with E-state index in [0.717, 1.165) is 11.3 Å². The summed E-state index contributed by atoms with van der Waals surface area (Å²) < 4.78 is 37.1. The van der Waals surface area contributed by atoms with Crippen LogP contribution in [0.4, 0.5) is 11.4 Å². The fourth-order valence-electron chi connectivity index (χ4n) is 2.53. The SMILES string of the molecule is COc1ccc(NC(=O)COc2ccc(N(C)S(=O)(=O)c3cccs3)cc2)cc1Cl. The molecule has 0 saturated carbocycles. The van der Waals surface area contributed by atoms with Gasteiger partial charge in [-0.1, -0.05) is 17.7 Å². The summed E-state index contributed by atoms with van der Waals surface area (Å²) >= 11 is 7.19. The van der Waals surface area contributed by atoms with Gasteiger partial charge in [0.15, 0.2) is 6.61 Å². The van der Waals surface area contributed by atoms with Crippen LogP contribution < -0.4 is 19.1 Å². The van der Waals surface area contributed by atoms with Crippen molar-refractivity contribution < 1.29 is 22.7 Å². The Morgan fingerprint density at radius 1 is 1.17 bits per heavy atom.